The molecule has 6 heteroatoms. The number of aliphatic carboxylic acids is 1. The minimum absolute atomic E-state index is 0.0912. The average molecular weight is 266 g/mol. The van der Waals surface area contributed by atoms with Gasteiger partial charge in [-0.05, 0) is 24.3 Å². The van der Waals surface area contributed by atoms with E-state index in [0.717, 1.165) is 0 Å². The highest BCUT2D eigenvalue weighted by molar-refractivity contribution is 7.16. The van der Waals surface area contributed by atoms with E-state index >= 15 is 0 Å². The van der Waals surface area contributed by atoms with Crippen molar-refractivity contribution in [1.82, 2.24) is 4.98 Å². The standard InChI is InChI=1S/C12H11FN2O2S/c1-14-12-15-11(9(18-12)6-10(16)17)7-2-4-8(13)5-3-7/h2-5H,6H2,1H3,(H,14,15)(H,16,17). The molecule has 0 bridgehead atoms. The molecule has 18 heavy (non-hydrogen) atoms. The molecule has 0 aliphatic heterocycles. The Kier molecular flexibility index (Phi) is 3.57. The van der Waals surface area contributed by atoms with Crippen LogP contribution in [0.3, 0.4) is 0 Å². The number of benzene rings is 1. The minimum Gasteiger partial charge on any atom is -0.481 e. The molecule has 0 saturated heterocycles. The van der Waals surface area contributed by atoms with Crippen molar-refractivity contribution in [2.45, 2.75) is 6.42 Å². The molecule has 0 aliphatic rings. The Hall–Kier alpha value is -1.95. The molecule has 0 fully saturated rings. The van der Waals surface area contributed by atoms with Gasteiger partial charge >= 0.3 is 5.97 Å². The van der Waals surface area contributed by atoms with E-state index in [1.165, 1.54) is 23.5 Å². The summed E-state index contributed by atoms with van der Waals surface area (Å²) in [4.78, 5) is 15.8. The third kappa shape index (κ3) is 2.65. The topological polar surface area (TPSA) is 62.2 Å². The highest BCUT2D eigenvalue weighted by Gasteiger charge is 2.15. The number of carboxylic acid groups (broad SMARTS) is 1. The van der Waals surface area contributed by atoms with E-state index in [1.807, 2.05) is 0 Å². The molecule has 1 heterocycles. The highest BCUT2D eigenvalue weighted by Crippen LogP contribution is 2.31. The van der Waals surface area contributed by atoms with Crippen LogP contribution in [-0.4, -0.2) is 23.1 Å². The molecule has 0 radical (unpaired) electrons. The number of carboxylic acids is 1. The van der Waals surface area contributed by atoms with E-state index in [0.29, 0.717) is 21.3 Å². The zero-order valence-corrected chi connectivity index (χ0v) is 10.4. The van der Waals surface area contributed by atoms with Crippen molar-refractivity contribution in [3.63, 3.8) is 0 Å². The molecule has 1 aromatic heterocycles. The summed E-state index contributed by atoms with van der Waals surface area (Å²) < 4.78 is 12.9. The summed E-state index contributed by atoms with van der Waals surface area (Å²) in [5.74, 6) is -1.24. The lowest BCUT2D eigenvalue weighted by molar-refractivity contribution is -0.136. The first-order valence-corrected chi connectivity index (χ1v) is 6.07. The van der Waals surface area contributed by atoms with Crippen LogP contribution in [0.5, 0.6) is 0 Å². The summed E-state index contributed by atoms with van der Waals surface area (Å²) in [6.45, 7) is 0. The van der Waals surface area contributed by atoms with Crippen LogP contribution in [0.25, 0.3) is 11.3 Å². The average Bonchev–Trinajstić information content (AvgIpc) is 2.72. The molecule has 2 aromatic rings. The van der Waals surface area contributed by atoms with E-state index in [9.17, 15) is 9.18 Å². The summed E-state index contributed by atoms with van der Waals surface area (Å²) >= 11 is 1.29. The van der Waals surface area contributed by atoms with Crippen LogP contribution >= 0.6 is 11.3 Å². The molecule has 4 nitrogen and oxygen atoms in total. The lowest BCUT2D eigenvalue weighted by Crippen LogP contribution is -1.99. The Morgan fingerprint density at radius 3 is 2.67 bits per heavy atom. The van der Waals surface area contributed by atoms with Gasteiger partial charge in [0.05, 0.1) is 12.1 Å². The summed E-state index contributed by atoms with van der Waals surface area (Å²) in [6, 6.07) is 5.85. The van der Waals surface area contributed by atoms with Crippen LogP contribution in [0.4, 0.5) is 9.52 Å². The van der Waals surface area contributed by atoms with Gasteiger partial charge in [-0.2, -0.15) is 0 Å². The van der Waals surface area contributed by atoms with Crippen molar-refractivity contribution in [2.75, 3.05) is 12.4 Å². The molecule has 0 saturated carbocycles. The molecular formula is C12H11FN2O2S. The van der Waals surface area contributed by atoms with Crippen LogP contribution in [0.2, 0.25) is 0 Å². The number of thiazole rings is 1. The summed E-state index contributed by atoms with van der Waals surface area (Å²) in [5, 5.41) is 12.4. The van der Waals surface area contributed by atoms with Gasteiger partial charge in [0.15, 0.2) is 5.13 Å². The first-order chi connectivity index (χ1) is 8.60. The molecule has 1 aromatic carbocycles. The van der Waals surface area contributed by atoms with E-state index in [2.05, 4.69) is 10.3 Å². The first-order valence-electron chi connectivity index (χ1n) is 5.25. The number of nitrogens with zero attached hydrogens (tertiary/aromatic N) is 1. The Morgan fingerprint density at radius 2 is 2.11 bits per heavy atom. The van der Waals surface area contributed by atoms with Crippen molar-refractivity contribution >= 4 is 22.4 Å². The number of halogens is 1. The number of aromatic nitrogens is 1. The highest BCUT2D eigenvalue weighted by atomic mass is 32.1. The van der Waals surface area contributed by atoms with Gasteiger partial charge in [0.1, 0.15) is 5.82 Å². The minimum atomic E-state index is -0.912. The van der Waals surface area contributed by atoms with Crippen molar-refractivity contribution in [3.05, 3.63) is 35.0 Å². The Labute approximate surface area is 107 Å². The first kappa shape index (κ1) is 12.5. The van der Waals surface area contributed by atoms with Crippen LogP contribution in [0, 0.1) is 5.82 Å². The van der Waals surface area contributed by atoms with Gasteiger partial charge in [-0.3, -0.25) is 4.79 Å². The van der Waals surface area contributed by atoms with Gasteiger partial charge in [-0.25, -0.2) is 9.37 Å². The lowest BCUT2D eigenvalue weighted by Gasteiger charge is -1.99. The van der Waals surface area contributed by atoms with Gasteiger partial charge in [0.2, 0.25) is 0 Å². The fraction of sp³-hybridized carbons (Fsp3) is 0.167. The molecule has 94 valence electrons. The van der Waals surface area contributed by atoms with Gasteiger partial charge in [0, 0.05) is 17.5 Å². The number of carbonyl (C=O) groups is 1. The van der Waals surface area contributed by atoms with Gasteiger partial charge in [0.25, 0.3) is 0 Å². The number of anilines is 1. The largest absolute Gasteiger partial charge is 0.481 e. The summed E-state index contributed by atoms with van der Waals surface area (Å²) in [7, 11) is 1.72. The number of nitrogens with one attached hydrogen (secondary N) is 1. The normalized spacial score (nSPS) is 10.3. The van der Waals surface area contributed by atoms with E-state index in [-0.39, 0.29) is 12.2 Å². The van der Waals surface area contributed by atoms with Crippen molar-refractivity contribution in [2.24, 2.45) is 0 Å². The van der Waals surface area contributed by atoms with Crippen LogP contribution in [0.15, 0.2) is 24.3 Å². The van der Waals surface area contributed by atoms with E-state index < -0.39 is 5.97 Å². The molecule has 0 aliphatic carbocycles. The monoisotopic (exact) mass is 266 g/mol. The Morgan fingerprint density at radius 1 is 1.44 bits per heavy atom. The molecule has 0 amide bonds. The smallest absolute Gasteiger partial charge is 0.308 e. The van der Waals surface area contributed by atoms with E-state index in [1.54, 1.807) is 19.2 Å². The predicted molar refractivity (Wildman–Crippen MR) is 68.4 cm³/mol. The zero-order chi connectivity index (χ0) is 13.1. The molecule has 2 rings (SSSR count). The third-order valence-corrected chi connectivity index (χ3v) is 3.41. The van der Waals surface area contributed by atoms with Gasteiger partial charge in [-0.1, -0.05) is 0 Å². The fourth-order valence-electron chi connectivity index (χ4n) is 1.55. The maximum Gasteiger partial charge on any atom is 0.308 e. The molecule has 0 unspecified atom stereocenters. The van der Waals surface area contributed by atoms with Crippen LogP contribution in [0.1, 0.15) is 4.88 Å². The molecular weight excluding hydrogens is 255 g/mol. The van der Waals surface area contributed by atoms with Crippen molar-refractivity contribution in [1.29, 1.82) is 0 Å². The quantitative estimate of drug-likeness (QED) is 0.893. The van der Waals surface area contributed by atoms with Crippen LogP contribution < -0.4 is 5.32 Å². The summed E-state index contributed by atoms with van der Waals surface area (Å²) in [6.07, 6.45) is -0.0912. The summed E-state index contributed by atoms with van der Waals surface area (Å²) in [5.41, 5.74) is 1.30. The number of hydrogen-bond donors (Lipinski definition) is 2. The molecule has 2 N–H and O–H groups in total. The van der Waals surface area contributed by atoms with Crippen LogP contribution in [-0.2, 0) is 11.2 Å². The van der Waals surface area contributed by atoms with E-state index in [4.69, 9.17) is 5.11 Å². The lowest BCUT2D eigenvalue weighted by atomic mass is 10.1. The van der Waals surface area contributed by atoms with Crippen molar-refractivity contribution in [3.8, 4) is 11.3 Å². The molecule has 0 spiro atoms. The second kappa shape index (κ2) is 5.14. The maximum atomic E-state index is 12.9. The predicted octanol–water partition coefficient (Wildman–Crippen LogP) is 2.62. The Bertz CT molecular complexity index is 566. The maximum absolute atomic E-state index is 12.9. The zero-order valence-electron chi connectivity index (χ0n) is 9.61. The number of hydrogen-bond acceptors (Lipinski definition) is 4. The van der Waals surface area contributed by atoms with Crippen molar-refractivity contribution < 1.29 is 14.3 Å². The second-order valence-corrected chi connectivity index (χ2v) is 4.70. The van der Waals surface area contributed by atoms with Gasteiger partial charge < -0.3 is 10.4 Å². The van der Waals surface area contributed by atoms with Gasteiger partial charge in [-0.15, -0.1) is 11.3 Å². The SMILES string of the molecule is CNc1nc(-c2ccc(F)cc2)c(CC(=O)O)s1. The molecule has 0 atom stereocenters. The fourth-order valence-corrected chi connectivity index (χ4v) is 2.48. The Balaban J connectivity index is 2.44. The second-order valence-electron chi connectivity index (χ2n) is 3.62. The number of rotatable bonds is 4. The third-order valence-electron chi connectivity index (χ3n) is 2.34.